The van der Waals surface area contributed by atoms with E-state index in [0.717, 1.165) is 38.1 Å². The third-order valence-corrected chi connectivity index (χ3v) is 4.60. The topological polar surface area (TPSA) is 66.7 Å². The van der Waals surface area contributed by atoms with Crippen LogP contribution in [0.5, 0.6) is 5.75 Å². The molecule has 3 aromatic heterocycles. The van der Waals surface area contributed by atoms with Crippen molar-refractivity contribution in [1.82, 2.24) is 9.38 Å². The number of rotatable bonds is 2. The van der Waals surface area contributed by atoms with Gasteiger partial charge in [-0.15, -0.1) is 0 Å². The maximum atomic E-state index is 11.7. The number of aromatic carboxylic acids is 1. The predicted molar refractivity (Wildman–Crippen MR) is 89.8 cm³/mol. The summed E-state index contributed by atoms with van der Waals surface area (Å²) in [5.41, 5.74) is 2.51. The van der Waals surface area contributed by atoms with Crippen LogP contribution >= 0.6 is 0 Å². The Hall–Kier alpha value is -2.34. The first-order valence-electron chi connectivity index (χ1n) is 7.53. The van der Waals surface area contributed by atoms with Crippen LogP contribution in [-0.2, 0) is 0 Å². The molecule has 0 saturated carbocycles. The summed E-state index contributed by atoms with van der Waals surface area (Å²) in [6, 6.07) is 13.1. The minimum Gasteiger partial charge on any atom is -0.543 e. The maximum absolute atomic E-state index is 11.7. The molecule has 0 aliphatic heterocycles. The Kier molecular flexibility index (Phi) is 3.61. The van der Waals surface area contributed by atoms with Gasteiger partial charge in [0.05, 0.1) is 29.8 Å². The number of fused-ring (bicyclic) bond motifs is 3. The van der Waals surface area contributed by atoms with Crippen molar-refractivity contribution in [2.24, 2.45) is 0 Å². The molecule has 2 aromatic carbocycles. The van der Waals surface area contributed by atoms with Crippen LogP contribution in [0.2, 0.25) is 0 Å². The van der Waals surface area contributed by atoms with Crippen LogP contribution in [0.4, 0.5) is 0 Å². The van der Waals surface area contributed by atoms with Gasteiger partial charge >= 0.3 is 29.6 Å². The molecule has 0 aliphatic carbocycles. The van der Waals surface area contributed by atoms with Crippen molar-refractivity contribution >= 4 is 44.1 Å². The van der Waals surface area contributed by atoms with Crippen LogP contribution in [0.15, 0.2) is 48.7 Å². The minimum absolute atomic E-state index is 0. The Labute approximate surface area is 164 Å². The first kappa shape index (κ1) is 16.1. The van der Waals surface area contributed by atoms with Crippen LogP contribution in [0, 0.1) is 0 Å². The Balaban J connectivity index is 0.00000157. The number of carboxylic acids is 1. The molecule has 5 aromatic rings. The second kappa shape index (κ2) is 5.59. The summed E-state index contributed by atoms with van der Waals surface area (Å²) < 4.78 is 7.22. The molecule has 0 bridgehead atoms. The summed E-state index contributed by atoms with van der Waals surface area (Å²) >= 11 is 0. The normalized spacial score (nSPS) is 11.4. The Bertz CT molecular complexity index is 1280. The number of pyridine rings is 2. The molecule has 3 heterocycles. The second-order valence-corrected chi connectivity index (χ2v) is 5.77. The average molecular weight is 338 g/mol. The van der Waals surface area contributed by atoms with E-state index in [1.54, 1.807) is 23.8 Å². The van der Waals surface area contributed by atoms with Gasteiger partial charge in [-0.3, -0.25) is 4.98 Å². The number of aromatic nitrogens is 2. The van der Waals surface area contributed by atoms with Crippen molar-refractivity contribution in [2.45, 2.75) is 0 Å². The maximum Gasteiger partial charge on any atom is 1.00 e. The fourth-order valence-electron chi connectivity index (χ4n) is 3.67. The molecule has 0 amide bonds. The first-order chi connectivity index (χ1) is 11.7. The molecule has 0 aliphatic rings. The van der Waals surface area contributed by atoms with E-state index >= 15 is 0 Å². The van der Waals surface area contributed by atoms with Crippen LogP contribution in [0.3, 0.4) is 0 Å². The summed E-state index contributed by atoms with van der Waals surface area (Å²) in [6.07, 6.45) is 1.75. The number of carbonyl (C=O) groups excluding carboxylic acids is 1. The van der Waals surface area contributed by atoms with Crippen molar-refractivity contribution in [3.8, 4) is 5.75 Å². The number of carboxylic acid groups (broad SMARTS) is 1. The van der Waals surface area contributed by atoms with Gasteiger partial charge in [0.25, 0.3) is 0 Å². The average Bonchev–Trinajstić information content (AvgIpc) is 3.01. The van der Waals surface area contributed by atoms with Crippen molar-refractivity contribution in [2.75, 3.05) is 7.11 Å². The van der Waals surface area contributed by atoms with E-state index in [1.807, 2.05) is 36.4 Å². The molecular weight excluding hydrogens is 327 g/mol. The number of hydrogen-bond donors (Lipinski definition) is 0. The fourth-order valence-corrected chi connectivity index (χ4v) is 3.67. The van der Waals surface area contributed by atoms with Gasteiger partial charge in [0, 0.05) is 22.4 Å². The third-order valence-electron chi connectivity index (χ3n) is 4.60. The van der Waals surface area contributed by atoms with Crippen LogP contribution in [-0.4, -0.2) is 22.5 Å². The van der Waals surface area contributed by atoms with Gasteiger partial charge in [0.2, 0.25) is 0 Å². The quantitative estimate of drug-likeness (QED) is 0.250. The number of benzene rings is 2. The van der Waals surface area contributed by atoms with E-state index in [1.165, 1.54) is 0 Å². The van der Waals surface area contributed by atoms with Gasteiger partial charge < -0.3 is 19.0 Å². The largest absolute Gasteiger partial charge is 1.00 e. The first-order valence-corrected chi connectivity index (χ1v) is 7.53. The number of hydrogen-bond acceptors (Lipinski definition) is 4. The molecule has 0 atom stereocenters. The van der Waals surface area contributed by atoms with Crippen molar-refractivity contribution in [1.29, 1.82) is 0 Å². The molecule has 0 saturated heterocycles. The molecule has 25 heavy (non-hydrogen) atoms. The van der Waals surface area contributed by atoms with E-state index in [2.05, 4.69) is 4.98 Å². The Morgan fingerprint density at radius 3 is 2.72 bits per heavy atom. The summed E-state index contributed by atoms with van der Waals surface area (Å²) in [5, 5.41) is 15.4. The number of carbonyl (C=O) groups is 1. The van der Waals surface area contributed by atoms with Crippen LogP contribution in [0.25, 0.3) is 38.1 Å². The molecule has 0 fully saturated rings. The Morgan fingerprint density at radius 2 is 1.96 bits per heavy atom. The van der Waals surface area contributed by atoms with Crippen molar-refractivity contribution in [3.63, 3.8) is 0 Å². The molecule has 5 nitrogen and oxygen atoms in total. The van der Waals surface area contributed by atoms with Crippen molar-refractivity contribution < 1.29 is 44.2 Å². The SMILES string of the molecule is COc1cc2cc(C(=O)[O-])n3c4ccccc4c4ccnc1c4c23.[Na+]. The third kappa shape index (κ3) is 2.00. The molecule has 0 unspecified atom stereocenters. The molecular formula is C19H11N2NaO3. The number of nitrogens with zero attached hydrogens (tertiary/aromatic N) is 2. The van der Waals surface area contributed by atoms with Crippen LogP contribution in [0.1, 0.15) is 10.5 Å². The molecule has 6 heteroatoms. The summed E-state index contributed by atoms with van der Waals surface area (Å²) in [7, 11) is 1.59. The second-order valence-electron chi connectivity index (χ2n) is 5.77. The summed E-state index contributed by atoms with van der Waals surface area (Å²) in [6.45, 7) is 0. The van der Waals surface area contributed by atoms with E-state index in [9.17, 15) is 9.90 Å². The van der Waals surface area contributed by atoms with Gasteiger partial charge in [-0.25, -0.2) is 0 Å². The predicted octanol–water partition coefficient (Wildman–Crippen LogP) is -0.392. The van der Waals surface area contributed by atoms with Gasteiger partial charge in [-0.2, -0.15) is 0 Å². The fraction of sp³-hybridized carbons (Fsp3) is 0.0526. The van der Waals surface area contributed by atoms with Gasteiger partial charge in [-0.05, 0) is 29.7 Å². The standard InChI is InChI=1S/C19H12N2O3.Na/c1-24-15-9-10-8-14(19(22)23)21-13-5-3-2-4-11(13)12-6-7-20-17(15)16(12)18(10)21;/h2-9H,1H3,(H,22,23);/q;+1/p-1. The van der Waals surface area contributed by atoms with E-state index in [0.29, 0.717) is 5.75 Å². The monoisotopic (exact) mass is 338 g/mol. The molecule has 0 radical (unpaired) electrons. The van der Waals surface area contributed by atoms with Crippen LogP contribution < -0.4 is 39.4 Å². The number of para-hydroxylation sites is 1. The van der Waals surface area contributed by atoms with Crippen molar-refractivity contribution in [3.05, 3.63) is 54.4 Å². The van der Waals surface area contributed by atoms with E-state index in [4.69, 9.17) is 4.74 Å². The number of ether oxygens (including phenoxy) is 1. The molecule has 116 valence electrons. The number of methoxy groups -OCH3 is 1. The van der Waals surface area contributed by atoms with Gasteiger partial charge in [0.1, 0.15) is 11.3 Å². The van der Waals surface area contributed by atoms with Gasteiger partial charge in [0.15, 0.2) is 0 Å². The zero-order valence-electron chi connectivity index (χ0n) is 13.7. The van der Waals surface area contributed by atoms with E-state index in [-0.39, 0.29) is 35.3 Å². The molecule has 5 rings (SSSR count). The summed E-state index contributed by atoms with van der Waals surface area (Å²) in [5.74, 6) is -0.582. The summed E-state index contributed by atoms with van der Waals surface area (Å²) in [4.78, 5) is 16.2. The molecule has 0 N–H and O–H groups in total. The van der Waals surface area contributed by atoms with Gasteiger partial charge in [-0.1, -0.05) is 18.2 Å². The Morgan fingerprint density at radius 1 is 1.16 bits per heavy atom. The molecule has 0 spiro atoms. The zero-order valence-corrected chi connectivity index (χ0v) is 15.7. The zero-order chi connectivity index (χ0) is 16.4. The smallest absolute Gasteiger partial charge is 0.543 e. The minimum atomic E-state index is -1.21. The van der Waals surface area contributed by atoms with E-state index < -0.39 is 5.97 Å².